The number of aryl methyl sites for hydroxylation is 1. The first-order valence-electron chi connectivity index (χ1n) is 6.75. The summed E-state index contributed by atoms with van der Waals surface area (Å²) >= 11 is 0. The van der Waals surface area contributed by atoms with Gasteiger partial charge in [0.15, 0.2) is 0 Å². The monoisotopic (exact) mass is 263 g/mol. The van der Waals surface area contributed by atoms with E-state index in [4.69, 9.17) is 5.73 Å². The second-order valence-corrected chi connectivity index (χ2v) is 5.00. The number of hydrogen-bond acceptors (Lipinski definition) is 3. The summed E-state index contributed by atoms with van der Waals surface area (Å²) in [6.45, 7) is 2.05. The van der Waals surface area contributed by atoms with Gasteiger partial charge < -0.3 is 5.73 Å². The summed E-state index contributed by atoms with van der Waals surface area (Å²) in [6.07, 6.45) is 4.41. The fourth-order valence-corrected chi connectivity index (χ4v) is 2.55. The SMILES string of the molecule is Cc1cccnc1C(N)Cc1ccnc2ccccc12. The lowest BCUT2D eigenvalue weighted by atomic mass is 9.98. The van der Waals surface area contributed by atoms with E-state index >= 15 is 0 Å². The smallest absolute Gasteiger partial charge is 0.0704 e. The van der Waals surface area contributed by atoms with Crippen molar-refractivity contribution in [2.24, 2.45) is 5.73 Å². The number of para-hydroxylation sites is 1. The van der Waals surface area contributed by atoms with Crippen LogP contribution in [0.2, 0.25) is 0 Å². The molecule has 0 bridgehead atoms. The predicted octanol–water partition coefficient (Wildman–Crippen LogP) is 3.18. The normalized spacial score (nSPS) is 12.5. The first-order valence-corrected chi connectivity index (χ1v) is 6.75. The topological polar surface area (TPSA) is 51.8 Å². The Hall–Kier alpha value is -2.26. The van der Waals surface area contributed by atoms with Gasteiger partial charge in [-0.1, -0.05) is 24.3 Å². The first kappa shape index (κ1) is 12.8. The molecule has 1 aromatic carbocycles. The summed E-state index contributed by atoms with van der Waals surface area (Å²) in [5.74, 6) is 0. The standard InChI is InChI=1S/C17H17N3/c1-12-5-4-9-20-17(12)15(18)11-13-8-10-19-16-7-3-2-6-14(13)16/h2-10,15H,11,18H2,1H3. The summed E-state index contributed by atoms with van der Waals surface area (Å²) in [7, 11) is 0. The van der Waals surface area contributed by atoms with Crippen molar-refractivity contribution in [2.75, 3.05) is 0 Å². The zero-order valence-corrected chi connectivity index (χ0v) is 11.5. The molecule has 2 aromatic heterocycles. The third-order valence-corrected chi connectivity index (χ3v) is 3.58. The van der Waals surface area contributed by atoms with E-state index in [0.717, 1.165) is 23.2 Å². The van der Waals surface area contributed by atoms with Crippen molar-refractivity contribution < 1.29 is 0 Å². The Labute approximate surface area is 118 Å². The van der Waals surface area contributed by atoms with Gasteiger partial charge in [-0.2, -0.15) is 0 Å². The Morgan fingerprint density at radius 1 is 1.00 bits per heavy atom. The lowest BCUT2D eigenvalue weighted by Crippen LogP contribution is -2.16. The second-order valence-electron chi connectivity index (χ2n) is 5.00. The fourth-order valence-electron chi connectivity index (χ4n) is 2.55. The van der Waals surface area contributed by atoms with E-state index in [9.17, 15) is 0 Å². The number of benzene rings is 1. The third kappa shape index (κ3) is 2.40. The number of pyridine rings is 2. The van der Waals surface area contributed by atoms with Crippen LogP contribution < -0.4 is 5.73 Å². The molecule has 20 heavy (non-hydrogen) atoms. The van der Waals surface area contributed by atoms with Crippen molar-refractivity contribution in [3.8, 4) is 0 Å². The van der Waals surface area contributed by atoms with Crippen LogP contribution in [0.4, 0.5) is 0 Å². The molecule has 100 valence electrons. The number of hydrogen-bond donors (Lipinski definition) is 1. The summed E-state index contributed by atoms with van der Waals surface area (Å²) in [4.78, 5) is 8.80. The van der Waals surface area contributed by atoms with Gasteiger partial charge in [0, 0.05) is 17.8 Å². The summed E-state index contributed by atoms with van der Waals surface area (Å²) < 4.78 is 0. The zero-order chi connectivity index (χ0) is 13.9. The lowest BCUT2D eigenvalue weighted by molar-refractivity contribution is 0.693. The van der Waals surface area contributed by atoms with Crippen molar-refractivity contribution >= 4 is 10.9 Å². The second kappa shape index (κ2) is 5.39. The highest BCUT2D eigenvalue weighted by atomic mass is 14.8. The minimum Gasteiger partial charge on any atom is -0.322 e. The molecule has 3 nitrogen and oxygen atoms in total. The van der Waals surface area contributed by atoms with Crippen LogP contribution in [0, 0.1) is 6.92 Å². The maximum Gasteiger partial charge on any atom is 0.0704 e. The van der Waals surface area contributed by atoms with Crippen LogP contribution in [-0.4, -0.2) is 9.97 Å². The highest BCUT2D eigenvalue weighted by molar-refractivity contribution is 5.81. The number of fused-ring (bicyclic) bond motifs is 1. The summed E-state index contributed by atoms with van der Waals surface area (Å²) in [6, 6.07) is 14.1. The third-order valence-electron chi connectivity index (χ3n) is 3.58. The fraction of sp³-hybridized carbons (Fsp3) is 0.176. The van der Waals surface area contributed by atoms with Gasteiger partial charge in [-0.05, 0) is 42.7 Å². The van der Waals surface area contributed by atoms with Crippen molar-refractivity contribution in [3.05, 3.63) is 71.7 Å². The average molecular weight is 263 g/mol. The van der Waals surface area contributed by atoms with Gasteiger partial charge in [0.25, 0.3) is 0 Å². The van der Waals surface area contributed by atoms with Gasteiger partial charge in [0.05, 0.1) is 17.3 Å². The molecule has 3 rings (SSSR count). The maximum absolute atomic E-state index is 6.34. The van der Waals surface area contributed by atoms with E-state index in [-0.39, 0.29) is 6.04 Å². The van der Waals surface area contributed by atoms with E-state index in [1.54, 1.807) is 6.20 Å². The van der Waals surface area contributed by atoms with E-state index in [1.165, 1.54) is 10.9 Å². The van der Waals surface area contributed by atoms with Crippen LogP contribution in [0.3, 0.4) is 0 Å². The molecule has 0 aliphatic carbocycles. The van der Waals surface area contributed by atoms with Crippen molar-refractivity contribution in [1.82, 2.24) is 9.97 Å². The molecule has 3 aromatic rings. The van der Waals surface area contributed by atoms with Gasteiger partial charge in [-0.25, -0.2) is 0 Å². The maximum atomic E-state index is 6.34. The summed E-state index contributed by atoms with van der Waals surface area (Å²) in [5.41, 5.74) is 10.7. The molecule has 1 atom stereocenters. The highest BCUT2D eigenvalue weighted by Gasteiger charge is 2.12. The van der Waals surface area contributed by atoms with Crippen molar-refractivity contribution in [1.29, 1.82) is 0 Å². The Morgan fingerprint density at radius 2 is 1.85 bits per heavy atom. The van der Waals surface area contributed by atoms with Crippen molar-refractivity contribution in [2.45, 2.75) is 19.4 Å². The van der Waals surface area contributed by atoms with Gasteiger partial charge in [0.2, 0.25) is 0 Å². The highest BCUT2D eigenvalue weighted by Crippen LogP contribution is 2.22. The molecule has 0 saturated heterocycles. The predicted molar refractivity (Wildman–Crippen MR) is 81.3 cm³/mol. The molecule has 3 heteroatoms. The van der Waals surface area contributed by atoms with Gasteiger partial charge in [-0.3, -0.25) is 9.97 Å². The average Bonchev–Trinajstić information content (AvgIpc) is 2.48. The quantitative estimate of drug-likeness (QED) is 0.789. The number of aromatic nitrogens is 2. The minimum atomic E-state index is -0.0954. The van der Waals surface area contributed by atoms with Crippen LogP contribution in [0.25, 0.3) is 10.9 Å². The Balaban J connectivity index is 1.96. The molecule has 0 amide bonds. The molecule has 2 heterocycles. The molecule has 1 unspecified atom stereocenters. The van der Waals surface area contributed by atoms with Crippen LogP contribution in [-0.2, 0) is 6.42 Å². The first-order chi connectivity index (χ1) is 9.75. The number of nitrogens with zero attached hydrogens (tertiary/aromatic N) is 2. The van der Waals surface area contributed by atoms with E-state index in [1.807, 2.05) is 49.5 Å². The Morgan fingerprint density at radius 3 is 2.70 bits per heavy atom. The van der Waals surface area contributed by atoms with Crippen LogP contribution >= 0.6 is 0 Å². The van der Waals surface area contributed by atoms with E-state index < -0.39 is 0 Å². The molecule has 0 spiro atoms. The van der Waals surface area contributed by atoms with E-state index in [2.05, 4.69) is 16.0 Å². The molecule has 0 saturated carbocycles. The molecule has 0 radical (unpaired) electrons. The van der Waals surface area contributed by atoms with Gasteiger partial charge >= 0.3 is 0 Å². The molecule has 0 fully saturated rings. The Kier molecular flexibility index (Phi) is 3.44. The summed E-state index contributed by atoms with van der Waals surface area (Å²) in [5, 5.41) is 1.17. The largest absolute Gasteiger partial charge is 0.322 e. The van der Waals surface area contributed by atoms with Crippen LogP contribution in [0.5, 0.6) is 0 Å². The van der Waals surface area contributed by atoms with Crippen LogP contribution in [0.1, 0.15) is 22.9 Å². The Bertz CT molecular complexity index is 732. The molecule has 0 aliphatic heterocycles. The van der Waals surface area contributed by atoms with Gasteiger partial charge in [0.1, 0.15) is 0 Å². The molecule has 0 aliphatic rings. The number of nitrogens with two attached hydrogens (primary N) is 1. The van der Waals surface area contributed by atoms with Crippen LogP contribution in [0.15, 0.2) is 54.9 Å². The molecular formula is C17H17N3. The van der Waals surface area contributed by atoms with E-state index in [0.29, 0.717) is 0 Å². The minimum absolute atomic E-state index is 0.0954. The zero-order valence-electron chi connectivity index (χ0n) is 11.5. The van der Waals surface area contributed by atoms with Crippen molar-refractivity contribution in [3.63, 3.8) is 0 Å². The molecular weight excluding hydrogens is 246 g/mol. The molecule has 2 N–H and O–H groups in total. The van der Waals surface area contributed by atoms with Gasteiger partial charge in [-0.15, -0.1) is 0 Å². The number of rotatable bonds is 3. The lowest BCUT2D eigenvalue weighted by Gasteiger charge is -2.14.